The minimum atomic E-state index is -5.11. The van der Waals surface area contributed by atoms with Crippen LogP contribution in [-0.2, 0) is 31.4 Å². The van der Waals surface area contributed by atoms with Gasteiger partial charge in [-0.1, -0.05) is 13.2 Å². The summed E-state index contributed by atoms with van der Waals surface area (Å²) in [6.07, 6.45) is -8.62. The molecule has 0 radical (unpaired) electrons. The van der Waals surface area contributed by atoms with Gasteiger partial charge in [-0.15, -0.1) is 0 Å². The molecule has 176 valence electrons. The van der Waals surface area contributed by atoms with Crippen LogP contribution in [0.25, 0.3) is 0 Å². The van der Waals surface area contributed by atoms with E-state index in [0.717, 1.165) is 12.2 Å². The highest BCUT2D eigenvalue weighted by Crippen LogP contribution is 2.37. The fourth-order valence-electron chi connectivity index (χ4n) is 2.16. The number of anilines is 1. The number of esters is 2. The quantitative estimate of drug-likeness (QED) is 0.341. The third-order valence-corrected chi connectivity index (χ3v) is 3.66. The average Bonchev–Trinajstić information content (AvgIpc) is 2.68. The molecule has 0 aliphatic heterocycles. The third-order valence-electron chi connectivity index (χ3n) is 3.66. The number of nitrogens with one attached hydrogen (secondary N) is 2. The molecule has 0 bridgehead atoms. The summed E-state index contributed by atoms with van der Waals surface area (Å²) in [5, 5.41) is 4.04. The number of alkyl halides is 6. The van der Waals surface area contributed by atoms with Crippen LogP contribution in [0.15, 0.2) is 43.5 Å². The van der Waals surface area contributed by atoms with Gasteiger partial charge in [0.15, 0.2) is 0 Å². The molecule has 0 atom stereocenters. The maximum absolute atomic E-state index is 13.0. The summed E-state index contributed by atoms with van der Waals surface area (Å²) in [6, 6.07) is -0.746. The van der Waals surface area contributed by atoms with E-state index in [2.05, 4.69) is 18.5 Å². The lowest BCUT2D eigenvalue weighted by Gasteiger charge is -2.29. The third kappa shape index (κ3) is 8.32. The van der Waals surface area contributed by atoms with Crippen LogP contribution in [0.4, 0.5) is 36.8 Å². The van der Waals surface area contributed by atoms with Gasteiger partial charge in [-0.25, -0.2) is 14.4 Å². The average molecular weight is 468 g/mol. The number of ether oxygens (including phenoxy) is 2. The van der Waals surface area contributed by atoms with Crippen molar-refractivity contribution in [3.05, 3.63) is 54.6 Å². The predicted octanol–water partition coefficient (Wildman–Crippen LogP) is 4.06. The van der Waals surface area contributed by atoms with Crippen LogP contribution in [-0.4, -0.2) is 36.7 Å². The Morgan fingerprint density at radius 3 is 1.62 bits per heavy atom. The van der Waals surface area contributed by atoms with E-state index in [1.807, 2.05) is 5.32 Å². The van der Waals surface area contributed by atoms with Crippen LogP contribution >= 0.6 is 0 Å². The summed E-state index contributed by atoms with van der Waals surface area (Å²) < 4.78 is 87.3. The second kappa shape index (κ2) is 10.2. The van der Waals surface area contributed by atoms with Gasteiger partial charge in [-0.05, 0) is 25.1 Å². The summed E-state index contributed by atoms with van der Waals surface area (Å²) in [5.74, 6) is -1.80. The minimum Gasteiger partial charge on any atom is -0.460 e. The predicted molar refractivity (Wildman–Crippen MR) is 99.3 cm³/mol. The lowest BCUT2D eigenvalue weighted by Crippen LogP contribution is -2.54. The van der Waals surface area contributed by atoms with Crippen molar-refractivity contribution < 1.29 is 50.2 Å². The Morgan fingerprint density at radius 1 is 0.875 bits per heavy atom. The molecular weight excluding hydrogens is 450 g/mol. The molecule has 0 saturated heterocycles. The van der Waals surface area contributed by atoms with Crippen LogP contribution in [0.1, 0.15) is 18.1 Å². The van der Waals surface area contributed by atoms with Crippen LogP contribution in [0.3, 0.4) is 0 Å². The zero-order chi connectivity index (χ0) is 24.7. The van der Waals surface area contributed by atoms with Gasteiger partial charge < -0.3 is 20.1 Å². The molecule has 0 aromatic heterocycles. The SMILES string of the molecule is C=CC(=O)OCC(C)(COC(=O)C=C)NC(=O)Nc1cc(C(F)(F)F)cc(C(F)(F)F)c1. The first-order valence-electron chi connectivity index (χ1n) is 8.56. The molecule has 13 heteroatoms. The molecule has 0 aliphatic rings. The van der Waals surface area contributed by atoms with Gasteiger partial charge in [0.1, 0.15) is 18.8 Å². The highest BCUT2D eigenvalue weighted by atomic mass is 19.4. The van der Waals surface area contributed by atoms with E-state index in [0.29, 0.717) is 12.1 Å². The van der Waals surface area contributed by atoms with Gasteiger partial charge in [0, 0.05) is 17.8 Å². The molecule has 2 N–H and O–H groups in total. The summed E-state index contributed by atoms with van der Waals surface area (Å²) in [7, 11) is 0. The smallest absolute Gasteiger partial charge is 0.416 e. The van der Waals surface area contributed by atoms with Crippen molar-refractivity contribution in [1.82, 2.24) is 5.32 Å². The highest BCUT2D eigenvalue weighted by molar-refractivity contribution is 5.90. The molecule has 1 aromatic carbocycles. The Balaban J connectivity index is 3.12. The molecule has 0 spiro atoms. The van der Waals surface area contributed by atoms with E-state index < -0.39 is 65.9 Å². The van der Waals surface area contributed by atoms with E-state index >= 15 is 0 Å². The Labute approximate surface area is 178 Å². The van der Waals surface area contributed by atoms with Gasteiger partial charge >= 0.3 is 30.3 Å². The molecule has 0 saturated carbocycles. The number of benzene rings is 1. The van der Waals surface area contributed by atoms with Crippen molar-refractivity contribution in [1.29, 1.82) is 0 Å². The number of hydrogen-bond donors (Lipinski definition) is 2. The standard InChI is InChI=1S/C19H18F6N2O5/c1-4-14(28)31-9-17(3,10-32-15(29)5-2)27-16(30)26-13-7-11(18(20,21)22)6-12(8-13)19(23,24)25/h4-8H,1-2,9-10H2,3H3,(H2,26,27,30). The van der Waals surface area contributed by atoms with Crippen LogP contribution in [0, 0.1) is 0 Å². The fraction of sp³-hybridized carbons (Fsp3) is 0.316. The second-order valence-corrected chi connectivity index (χ2v) is 6.56. The minimum absolute atomic E-state index is 0.101. The van der Waals surface area contributed by atoms with Crippen LogP contribution in [0.2, 0.25) is 0 Å². The first-order chi connectivity index (χ1) is 14.6. The van der Waals surface area contributed by atoms with Gasteiger partial charge in [-0.2, -0.15) is 26.3 Å². The second-order valence-electron chi connectivity index (χ2n) is 6.56. The van der Waals surface area contributed by atoms with Crippen molar-refractivity contribution >= 4 is 23.7 Å². The molecule has 32 heavy (non-hydrogen) atoms. The van der Waals surface area contributed by atoms with E-state index in [1.165, 1.54) is 6.92 Å². The van der Waals surface area contributed by atoms with Crippen molar-refractivity contribution in [2.75, 3.05) is 18.5 Å². The number of rotatable bonds is 8. The molecule has 2 amide bonds. The number of halogens is 6. The number of carbonyl (C=O) groups is 3. The maximum atomic E-state index is 13.0. The normalized spacial score (nSPS) is 11.8. The molecular formula is C19H18F6N2O5. The number of amides is 2. The van der Waals surface area contributed by atoms with Crippen molar-refractivity contribution in [2.45, 2.75) is 24.8 Å². The maximum Gasteiger partial charge on any atom is 0.416 e. The molecule has 1 rings (SSSR count). The van der Waals surface area contributed by atoms with Crippen molar-refractivity contribution in [3.8, 4) is 0 Å². The number of urea groups is 1. The molecule has 7 nitrogen and oxygen atoms in total. The van der Waals surface area contributed by atoms with Crippen LogP contribution < -0.4 is 10.6 Å². The van der Waals surface area contributed by atoms with Crippen molar-refractivity contribution in [3.63, 3.8) is 0 Å². The van der Waals surface area contributed by atoms with Crippen LogP contribution in [0.5, 0.6) is 0 Å². The van der Waals surface area contributed by atoms with Gasteiger partial charge in [0.25, 0.3) is 0 Å². The van der Waals surface area contributed by atoms with Gasteiger partial charge in [-0.3, -0.25) is 0 Å². The van der Waals surface area contributed by atoms with E-state index in [9.17, 15) is 40.7 Å². The van der Waals surface area contributed by atoms with Gasteiger partial charge in [0.05, 0.1) is 11.1 Å². The lowest BCUT2D eigenvalue weighted by atomic mass is 10.1. The summed E-state index contributed by atoms with van der Waals surface area (Å²) in [4.78, 5) is 34.8. The Morgan fingerprint density at radius 2 is 1.28 bits per heavy atom. The zero-order valence-electron chi connectivity index (χ0n) is 16.5. The van der Waals surface area contributed by atoms with E-state index in [4.69, 9.17) is 9.47 Å². The molecule has 0 aliphatic carbocycles. The molecule has 1 aromatic rings. The monoisotopic (exact) mass is 468 g/mol. The first-order valence-corrected chi connectivity index (χ1v) is 8.56. The summed E-state index contributed by atoms with van der Waals surface area (Å²) >= 11 is 0. The summed E-state index contributed by atoms with van der Waals surface area (Å²) in [5.41, 5.74) is -5.69. The largest absolute Gasteiger partial charge is 0.460 e. The Bertz CT molecular complexity index is 839. The molecule has 0 fully saturated rings. The molecule has 0 unspecified atom stereocenters. The molecule has 0 heterocycles. The fourth-order valence-corrected chi connectivity index (χ4v) is 2.16. The Kier molecular flexibility index (Phi) is 8.45. The topological polar surface area (TPSA) is 93.7 Å². The van der Waals surface area contributed by atoms with E-state index in [-0.39, 0.29) is 6.07 Å². The lowest BCUT2D eigenvalue weighted by molar-refractivity contribution is -0.145. The highest BCUT2D eigenvalue weighted by Gasteiger charge is 2.37. The Hall–Kier alpha value is -3.51. The van der Waals surface area contributed by atoms with E-state index in [1.54, 1.807) is 0 Å². The van der Waals surface area contributed by atoms with Gasteiger partial charge in [0.2, 0.25) is 0 Å². The van der Waals surface area contributed by atoms with Crippen molar-refractivity contribution in [2.24, 2.45) is 0 Å². The number of hydrogen-bond acceptors (Lipinski definition) is 5. The first kappa shape index (κ1) is 26.5. The summed E-state index contributed by atoms with van der Waals surface area (Å²) in [6.45, 7) is 6.42. The number of carbonyl (C=O) groups excluding carboxylic acids is 3. The zero-order valence-corrected chi connectivity index (χ0v) is 16.5.